The maximum Gasteiger partial charge on any atom is 0.328 e. The summed E-state index contributed by atoms with van der Waals surface area (Å²) in [6.07, 6.45) is 0.622. The Morgan fingerprint density at radius 3 is 2.42 bits per heavy atom. The van der Waals surface area contributed by atoms with Crippen LogP contribution in [0.1, 0.15) is 26.7 Å². The molecule has 1 amide bonds. The lowest BCUT2D eigenvalue weighted by molar-refractivity contribution is -0.150. The molecule has 1 atom stereocenters. The zero-order valence-corrected chi connectivity index (χ0v) is 16.7. The number of rotatable bonds is 10. The molecule has 0 bridgehead atoms. The third-order valence-electron chi connectivity index (χ3n) is 3.28. The number of hydrogen-bond acceptors (Lipinski definition) is 6. The first kappa shape index (κ1) is 22.3. The minimum Gasteiger partial charge on any atom is -0.467 e. The average Bonchev–Trinajstić information content (AvgIpc) is 2.60. The fraction of sp³-hybridized carbons (Fsp3) is 0.500. The molecule has 1 rings (SSSR count). The van der Waals surface area contributed by atoms with Crippen molar-refractivity contribution in [2.45, 2.75) is 37.6 Å². The Hall–Kier alpha value is -1.73. The number of hydrogen-bond donors (Lipinski definition) is 1. The normalized spacial score (nSPS) is 11.7. The van der Waals surface area contributed by atoms with Gasteiger partial charge in [-0.15, -0.1) is 11.8 Å². The van der Waals surface area contributed by atoms with Crippen molar-refractivity contribution in [1.82, 2.24) is 5.32 Å². The van der Waals surface area contributed by atoms with Crippen molar-refractivity contribution >= 4 is 41.2 Å². The molecule has 0 aromatic heterocycles. The number of carbonyl (C=O) groups excluding carboxylic acids is 3. The van der Waals surface area contributed by atoms with E-state index in [0.717, 1.165) is 4.90 Å². The molecule has 0 aliphatic carbocycles. The lowest BCUT2D eigenvalue weighted by Crippen LogP contribution is -2.44. The molecule has 144 valence electrons. The highest BCUT2D eigenvalue weighted by atomic mass is 35.5. The second kappa shape index (κ2) is 11.8. The highest BCUT2D eigenvalue weighted by Gasteiger charge is 2.23. The van der Waals surface area contributed by atoms with Crippen molar-refractivity contribution in [3.05, 3.63) is 29.3 Å². The van der Waals surface area contributed by atoms with Crippen LogP contribution >= 0.6 is 23.4 Å². The third-order valence-corrected chi connectivity index (χ3v) is 4.55. The summed E-state index contributed by atoms with van der Waals surface area (Å²) in [5, 5.41) is 3.19. The molecule has 1 aromatic carbocycles. The minimum absolute atomic E-state index is 0.174. The first-order valence-corrected chi connectivity index (χ1v) is 9.59. The van der Waals surface area contributed by atoms with Crippen LogP contribution in [0.4, 0.5) is 0 Å². The van der Waals surface area contributed by atoms with Gasteiger partial charge < -0.3 is 14.8 Å². The molecule has 1 N–H and O–H groups in total. The van der Waals surface area contributed by atoms with Crippen LogP contribution in [0.3, 0.4) is 0 Å². The fourth-order valence-electron chi connectivity index (χ4n) is 2.06. The lowest BCUT2D eigenvalue weighted by Gasteiger charge is -2.18. The van der Waals surface area contributed by atoms with E-state index in [-0.39, 0.29) is 12.3 Å². The third kappa shape index (κ3) is 9.10. The van der Waals surface area contributed by atoms with E-state index in [1.165, 1.54) is 18.9 Å². The van der Waals surface area contributed by atoms with E-state index in [1.807, 2.05) is 26.0 Å². The molecule has 6 nitrogen and oxygen atoms in total. The van der Waals surface area contributed by atoms with Gasteiger partial charge in [-0.2, -0.15) is 0 Å². The van der Waals surface area contributed by atoms with Crippen LogP contribution in [-0.2, 0) is 23.9 Å². The van der Waals surface area contributed by atoms with Crippen molar-refractivity contribution in [3.8, 4) is 0 Å². The number of ether oxygens (including phenoxy) is 2. The van der Waals surface area contributed by atoms with Gasteiger partial charge in [0.2, 0.25) is 0 Å². The quantitative estimate of drug-likeness (QED) is 0.479. The summed E-state index contributed by atoms with van der Waals surface area (Å²) in [7, 11) is 1.26. The molecule has 0 aliphatic heterocycles. The molecule has 0 saturated heterocycles. The van der Waals surface area contributed by atoms with E-state index >= 15 is 0 Å². The van der Waals surface area contributed by atoms with Gasteiger partial charge in [-0.05, 0) is 36.6 Å². The number of halogens is 1. The van der Waals surface area contributed by atoms with Crippen LogP contribution < -0.4 is 5.32 Å². The molecule has 0 fully saturated rings. The smallest absolute Gasteiger partial charge is 0.328 e. The molecular formula is C18H24ClNO5S. The van der Waals surface area contributed by atoms with E-state index in [4.69, 9.17) is 16.3 Å². The second-order valence-electron chi connectivity index (χ2n) is 5.99. The topological polar surface area (TPSA) is 81.7 Å². The predicted octanol–water partition coefficient (Wildman–Crippen LogP) is 3.07. The number of thioether (sulfide) groups is 1. The summed E-state index contributed by atoms with van der Waals surface area (Å²) >= 11 is 7.30. The number of amides is 1. The summed E-state index contributed by atoms with van der Waals surface area (Å²) in [6, 6.07) is 6.55. The average molecular weight is 402 g/mol. The van der Waals surface area contributed by atoms with Gasteiger partial charge in [-0.3, -0.25) is 9.59 Å². The van der Waals surface area contributed by atoms with Crippen LogP contribution in [-0.4, -0.2) is 43.4 Å². The molecule has 26 heavy (non-hydrogen) atoms. The Bertz CT molecular complexity index is 606. The zero-order chi connectivity index (χ0) is 19.5. The molecule has 1 aromatic rings. The Morgan fingerprint density at radius 2 is 1.85 bits per heavy atom. The molecule has 0 radical (unpaired) electrons. The summed E-state index contributed by atoms with van der Waals surface area (Å²) in [4.78, 5) is 36.2. The first-order valence-electron chi connectivity index (χ1n) is 8.23. The Labute approximate surface area is 162 Å². The van der Waals surface area contributed by atoms with Crippen LogP contribution in [0.15, 0.2) is 29.2 Å². The van der Waals surface area contributed by atoms with Crippen molar-refractivity contribution in [1.29, 1.82) is 0 Å². The molecular weight excluding hydrogens is 378 g/mol. The van der Waals surface area contributed by atoms with Gasteiger partial charge in [0, 0.05) is 15.7 Å². The standard InChI is InChI=1S/C18H24ClNO5S/c1-12(2)10-15(18(23)24-3)20-16(21)11-25-17(22)8-9-26-14-6-4-13(19)5-7-14/h4-7,12,15H,8-11H2,1-3H3,(H,20,21)/t15-/m0/s1. The van der Waals surface area contributed by atoms with Gasteiger partial charge in [0.25, 0.3) is 5.91 Å². The summed E-state index contributed by atoms with van der Waals surface area (Å²) < 4.78 is 9.61. The fourth-order valence-corrected chi connectivity index (χ4v) is 3.02. The van der Waals surface area contributed by atoms with Crippen LogP contribution in [0, 0.1) is 5.92 Å². The van der Waals surface area contributed by atoms with Crippen molar-refractivity contribution in [3.63, 3.8) is 0 Å². The number of esters is 2. The highest BCUT2D eigenvalue weighted by Crippen LogP contribution is 2.21. The summed E-state index contributed by atoms with van der Waals surface area (Å²) in [6.45, 7) is 3.44. The first-order chi connectivity index (χ1) is 12.3. The van der Waals surface area contributed by atoms with E-state index in [1.54, 1.807) is 12.1 Å². The number of benzene rings is 1. The maximum absolute atomic E-state index is 11.9. The Morgan fingerprint density at radius 1 is 1.19 bits per heavy atom. The van der Waals surface area contributed by atoms with E-state index in [9.17, 15) is 14.4 Å². The Balaban J connectivity index is 2.30. The van der Waals surface area contributed by atoms with Crippen molar-refractivity contribution in [2.75, 3.05) is 19.5 Å². The van der Waals surface area contributed by atoms with Gasteiger partial charge in [-0.1, -0.05) is 25.4 Å². The molecule has 8 heteroatoms. The number of nitrogens with one attached hydrogen (secondary N) is 1. The molecule has 0 unspecified atom stereocenters. The zero-order valence-electron chi connectivity index (χ0n) is 15.1. The van der Waals surface area contributed by atoms with Gasteiger partial charge in [0.1, 0.15) is 6.04 Å². The van der Waals surface area contributed by atoms with Crippen LogP contribution in [0.5, 0.6) is 0 Å². The number of methoxy groups -OCH3 is 1. The van der Waals surface area contributed by atoms with E-state index in [0.29, 0.717) is 17.2 Å². The summed E-state index contributed by atoms with van der Waals surface area (Å²) in [5.41, 5.74) is 0. The van der Waals surface area contributed by atoms with Gasteiger partial charge in [0.05, 0.1) is 13.5 Å². The van der Waals surface area contributed by atoms with Gasteiger partial charge >= 0.3 is 11.9 Å². The van der Waals surface area contributed by atoms with Crippen molar-refractivity contribution < 1.29 is 23.9 Å². The molecule has 0 spiro atoms. The van der Waals surface area contributed by atoms with E-state index < -0.39 is 30.5 Å². The van der Waals surface area contributed by atoms with Crippen molar-refractivity contribution in [2.24, 2.45) is 5.92 Å². The Kier molecular flexibility index (Phi) is 10.1. The van der Waals surface area contributed by atoms with E-state index in [2.05, 4.69) is 10.1 Å². The predicted molar refractivity (Wildman–Crippen MR) is 101 cm³/mol. The highest BCUT2D eigenvalue weighted by molar-refractivity contribution is 7.99. The maximum atomic E-state index is 11.9. The molecule has 0 saturated carbocycles. The van der Waals surface area contributed by atoms with Crippen LogP contribution in [0.2, 0.25) is 5.02 Å². The second-order valence-corrected chi connectivity index (χ2v) is 7.59. The molecule has 0 heterocycles. The van der Waals surface area contributed by atoms with Crippen LogP contribution in [0.25, 0.3) is 0 Å². The lowest BCUT2D eigenvalue weighted by atomic mass is 10.0. The SMILES string of the molecule is COC(=O)[C@H](CC(C)C)NC(=O)COC(=O)CCSc1ccc(Cl)cc1. The monoisotopic (exact) mass is 401 g/mol. The number of carbonyl (C=O) groups is 3. The summed E-state index contributed by atoms with van der Waals surface area (Å²) in [5.74, 6) is -0.787. The largest absolute Gasteiger partial charge is 0.467 e. The molecule has 0 aliphatic rings. The van der Waals surface area contributed by atoms with Gasteiger partial charge in [-0.25, -0.2) is 4.79 Å². The van der Waals surface area contributed by atoms with Gasteiger partial charge in [0.15, 0.2) is 6.61 Å². The minimum atomic E-state index is -0.744.